The van der Waals surface area contributed by atoms with Crippen LogP contribution in [-0.4, -0.2) is 38.5 Å². The van der Waals surface area contributed by atoms with Crippen molar-refractivity contribution in [3.05, 3.63) is 17.5 Å². The molecule has 0 aromatic carbocycles. The molecule has 0 radical (unpaired) electrons. The summed E-state index contributed by atoms with van der Waals surface area (Å²) in [5.74, 6) is 0. The molecule has 0 amide bonds. The number of likely N-dealkylation sites (tertiary alicyclic amines) is 1. The fraction of sp³-hybridized carbons (Fsp3) is 0.750. The second-order valence-electron chi connectivity index (χ2n) is 5.21. The van der Waals surface area contributed by atoms with E-state index in [1.807, 2.05) is 25.6 Å². The number of hydrogen-bond acceptors (Lipinski definition) is 3. The minimum absolute atomic E-state index is 0.522. The minimum Gasteiger partial charge on any atom is -0.389 e. The molecule has 1 saturated heterocycles. The number of nitrogens with zero attached hydrogens (tertiary/aromatic N) is 3. The highest BCUT2D eigenvalue weighted by Gasteiger charge is 2.28. The zero-order chi connectivity index (χ0) is 11.8. The van der Waals surface area contributed by atoms with Crippen molar-refractivity contribution in [3.63, 3.8) is 0 Å². The number of aryl methyl sites for hydroxylation is 2. The van der Waals surface area contributed by atoms with Gasteiger partial charge in [-0.15, -0.1) is 0 Å². The fourth-order valence-electron chi connectivity index (χ4n) is 2.50. The lowest BCUT2D eigenvalue weighted by molar-refractivity contribution is -0.0187. The van der Waals surface area contributed by atoms with Crippen molar-refractivity contribution in [1.82, 2.24) is 14.7 Å². The number of β-amino-alcohol motifs (C(OH)–C–C–N with tert-alkyl or cyclic N) is 1. The molecule has 0 bridgehead atoms. The number of aromatic nitrogens is 2. The van der Waals surface area contributed by atoms with E-state index in [4.69, 9.17) is 0 Å². The predicted molar refractivity (Wildman–Crippen MR) is 63.1 cm³/mol. The maximum absolute atomic E-state index is 10.0. The summed E-state index contributed by atoms with van der Waals surface area (Å²) in [6.45, 7) is 6.65. The third-order valence-electron chi connectivity index (χ3n) is 3.24. The third-order valence-corrected chi connectivity index (χ3v) is 3.24. The van der Waals surface area contributed by atoms with Crippen LogP contribution in [0.2, 0.25) is 0 Å². The average molecular weight is 223 g/mol. The van der Waals surface area contributed by atoms with Gasteiger partial charge in [0.1, 0.15) is 0 Å². The molecule has 1 N–H and O–H groups in total. The first-order chi connectivity index (χ1) is 7.46. The van der Waals surface area contributed by atoms with E-state index < -0.39 is 5.60 Å². The summed E-state index contributed by atoms with van der Waals surface area (Å²) >= 11 is 0. The van der Waals surface area contributed by atoms with Gasteiger partial charge in [-0.05, 0) is 39.3 Å². The van der Waals surface area contributed by atoms with Crippen molar-refractivity contribution in [2.75, 3.05) is 13.1 Å². The summed E-state index contributed by atoms with van der Waals surface area (Å²) < 4.78 is 1.93. The number of piperidine rings is 1. The Labute approximate surface area is 96.9 Å². The van der Waals surface area contributed by atoms with E-state index in [1.165, 1.54) is 5.69 Å². The lowest BCUT2D eigenvalue weighted by atomic mass is 9.95. The van der Waals surface area contributed by atoms with Gasteiger partial charge in [0.15, 0.2) is 0 Å². The second-order valence-corrected chi connectivity index (χ2v) is 5.21. The van der Waals surface area contributed by atoms with E-state index in [9.17, 15) is 5.11 Å². The summed E-state index contributed by atoms with van der Waals surface area (Å²) in [5, 5.41) is 14.4. The summed E-state index contributed by atoms with van der Waals surface area (Å²) in [6.07, 6.45) is 1.98. The van der Waals surface area contributed by atoms with Gasteiger partial charge in [0.2, 0.25) is 0 Å². The lowest BCUT2D eigenvalue weighted by Gasteiger charge is -2.36. The van der Waals surface area contributed by atoms with Gasteiger partial charge < -0.3 is 5.11 Å². The quantitative estimate of drug-likeness (QED) is 0.815. The van der Waals surface area contributed by atoms with Crippen LogP contribution in [0.25, 0.3) is 0 Å². The molecule has 16 heavy (non-hydrogen) atoms. The Balaban J connectivity index is 2.02. The topological polar surface area (TPSA) is 41.3 Å². The zero-order valence-corrected chi connectivity index (χ0v) is 10.4. The predicted octanol–water partition coefficient (Wildman–Crippen LogP) is 1.08. The largest absolute Gasteiger partial charge is 0.389 e. The molecule has 1 atom stereocenters. The van der Waals surface area contributed by atoms with Gasteiger partial charge in [-0.3, -0.25) is 9.58 Å². The highest BCUT2D eigenvalue weighted by molar-refractivity contribution is 5.08. The number of aliphatic hydroxyl groups is 1. The summed E-state index contributed by atoms with van der Waals surface area (Å²) in [5.41, 5.74) is 1.75. The molecular weight excluding hydrogens is 202 g/mol. The van der Waals surface area contributed by atoms with E-state index in [1.54, 1.807) is 0 Å². The van der Waals surface area contributed by atoms with Crippen molar-refractivity contribution >= 4 is 0 Å². The molecule has 0 aliphatic carbocycles. The third kappa shape index (κ3) is 2.62. The van der Waals surface area contributed by atoms with E-state index in [0.29, 0.717) is 0 Å². The number of hydrogen-bond donors (Lipinski definition) is 1. The highest BCUT2D eigenvalue weighted by atomic mass is 16.3. The summed E-state index contributed by atoms with van der Waals surface area (Å²) in [7, 11) is 1.98. The molecule has 1 unspecified atom stereocenters. The monoisotopic (exact) mass is 223 g/mol. The van der Waals surface area contributed by atoms with Crippen LogP contribution in [0.15, 0.2) is 6.07 Å². The van der Waals surface area contributed by atoms with E-state index in [2.05, 4.69) is 16.1 Å². The van der Waals surface area contributed by atoms with Crippen molar-refractivity contribution in [3.8, 4) is 0 Å². The SMILES string of the molecule is Cc1cc(CN2CCCC(C)(O)C2)n(C)n1. The molecular formula is C12H21N3O. The van der Waals surface area contributed by atoms with Crippen LogP contribution in [0, 0.1) is 6.92 Å². The first-order valence-electron chi connectivity index (χ1n) is 5.90. The maximum Gasteiger partial charge on any atom is 0.0746 e. The first-order valence-corrected chi connectivity index (χ1v) is 5.90. The minimum atomic E-state index is -0.522. The molecule has 1 aromatic rings. The fourth-order valence-corrected chi connectivity index (χ4v) is 2.50. The van der Waals surface area contributed by atoms with Crippen LogP contribution >= 0.6 is 0 Å². The molecule has 90 valence electrons. The average Bonchev–Trinajstić information content (AvgIpc) is 2.43. The van der Waals surface area contributed by atoms with Gasteiger partial charge in [0, 0.05) is 20.1 Å². The Morgan fingerprint density at radius 2 is 2.31 bits per heavy atom. The Morgan fingerprint density at radius 1 is 1.56 bits per heavy atom. The molecule has 1 aromatic heterocycles. The van der Waals surface area contributed by atoms with Crippen LogP contribution < -0.4 is 0 Å². The molecule has 1 aliphatic rings. The van der Waals surface area contributed by atoms with Crippen LogP contribution in [0.4, 0.5) is 0 Å². The van der Waals surface area contributed by atoms with Crippen LogP contribution in [0.5, 0.6) is 0 Å². The molecule has 0 saturated carbocycles. The molecule has 2 rings (SSSR count). The normalized spacial score (nSPS) is 27.2. The molecule has 0 spiro atoms. The van der Waals surface area contributed by atoms with Crippen molar-refractivity contribution in [1.29, 1.82) is 0 Å². The Morgan fingerprint density at radius 3 is 2.88 bits per heavy atom. The van der Waals surface area contributed by atoms with Gasteiger partial charge in [-0.2, -0.15) is 5.10 Å². The van der Waals surface area contributed by atoms with Gasteiger partial charge in [0.05, 0.1) is 17.0 Å². The van der Waals surface area contributed by atoms with Crippen LogP contribution in [0.3, 0.4) is 0 Å². The highest BCUT2D eigenvalue weighted by Crippen LogP contribution is 2.21. The zero-order valence-electron chi connectivity index (χ0n) is 10.4. The van der Waals surface area contributed by atoms with Crippen LogP contribution in [-0.2, 0) is 13.6 Å². The van der Waals surface area contributed by atoms with Gasteiger partial charge in [0.25, 0.3) is 0 Å². The molecule has 4 heteroatoms. The van der Waals surface area contributed by atoms with Crippen molar-refractivity contribution < 1.29 is 5.11 Å². The second kappa shape index (κ2) is 4.18. The molecule has 2 heterocycles. The Bertz CT molecular complexity index is 370. The smallest absolute Gasteiger partial charge is 0.0746 e. The van der Waals surface area contributed by atoms with Gasteiger partial charge >= 0.3 is 0 Å². The molecule has 4 nitrogen and oxygen atoms in total. The van der Waals surface area contributed by atoms with E-state index in [-0.39, 0.29) is 0 Å². The first kappa shape index (κ1) is 11.6. The van der Waals surface area contributed by atoms with E-state index in [0.717, 1.165) is 38.2 Å². The number of rotatable bonds is 2. The lowest BCUT2D eigenvalue weighted by Crippen LogP contribution is -2.45. The van der Waals surface area contributed by atoms with Crippen molar-refractivity contribution in [2.45, 2.75) is 38.8 Å². The molecule has 1 aliphatic heterocycles. The standard InChI is InChI=1S/C12H21N3O/c1-10-7-11(14(3)13-10)8-15-6-4-5-12(2,16)9-15/h7,16H,4-6,8-9H2,1-3H3. The maximum atomic E-state index is 10.0. The van der Waals surface area contributed by atoms with Gasteiger partial charge in [-0.1, -0.05) is 0 Å². The van der Waals surface area contributed by atoms with E-state index >= 15 is 0 Å². The Kier molecular flexibility index (Phi) is 3.04. The van der Waals surface area contributed by atoms with Crippen molar-refractivity contribution in [2.24, 2.45) is 7.05 Å². The molecule has 1 fully saturated rings. The summed E-state index contributed by atoms with van der Waals surface area (Å²) in [6, 6.07) is 2.11. The van der Waals surface area contributed by atoms with Gasteiger partial charge in [-0.25, -0.2) is 0 Å². The summed E-state index contributed by atoms with van der Waals surface area (Å²) in [4.78, 5) is 2.31. The van der Waals surface area contributed by atoms with Crippen LogP contribution in [0.1, 0.15) is 31.2 Å². The Hall–Kier alpha value is -0.870.